The van der Waals surface area contributed by atoms with Crippen LogP contribution in [0.3, 0.4) is 0 Å². The van der Waals surface area contributed by atoms with Gasteiger partial charge in [0, 0.05) is 17.6 Å². The van der Waals surface area contributed by atoms with E-state index in [1.54, 1.807) is 0 Å². The molecule has 1 saturated carbocycles. The van der Waals surface area contributed by atoms with E-state index in [0.717, 1.165) is 23.5 Å². The standard InChI is InChI=1S/C13H18ClN/c1-10-2-7-13(8-10)15-9-11-3-5-12(14)6-4-11/h3-6,10,13,15H,2,7-9H2,1H3/t10-,13+/m0/s1. The Bertz CT molecular complexity index is 307. The Kier molecular flexibility index (Phi) is 3.66. The van der Waals surface area contributed by atoms with Gasteiger partial charge in [-0.2, -0.15) is 0 Å². The van der Waals surface area contributed by atoms with Gasteiger partial charge in [0.1, 0.15) is 0 Å². The van der Waals surface area contributed by atoms with Crippen molar-refractivity contribution in [2.75, 3.05) is 0 Å². The molecule has 2 rings (SSSR count). The van der Waals surface area contributed by atoms with Gasteiger partial charge in [-0.25, -0.2) is 0 Å². The summed E-state index contributed by atoms with van der Waals surface area (Å²) in [6, 6.07) is 8.81. The van der Waals surface area contributed by atoms with Crippen LogP contribution in [0.25, 0.3) is 0 Å². The molecule has 0 aromatic heterocycles. The highest BCUT2D eigenvalue weighted by atomic mass is 35.5. The van der Waals surface area contributed by atoms with Crippen molar-refractivity contribution in [1.29, 1.82) is 0 Å². The number of nitrogens with one attached hydrogen (secondary N) is 1. The Balaban J connectivity index is 1.80. The minimum absolute atomic E-state index is 0.718. The summed E-state index contributed by atoms with van der Waals surface area (Å²) < 4.78 is 0. The van der Waals surface area contributed by atoms with Gasteiger partial charge in [0.2, 0.25) is 0 Å². The average molecular weight is 224 g/mol. The normalized spacial score (nSPS) is 25.7. The molecule has 0 unspecified atom stereocenters. The highest BCUT2D eigenvalue weighted by Crippen LogP contribution is 2.24. The van der Waals surface area contributed by atoms with Crippen molar-refractivity contribution in [2.45, 2.75) is 38.8 Å². The topological polar surface area (TPSA) is 12.0 Å². The molecule has 1 aliphatic carbocycles. The second kappa shape index (κ2) is 5.00. The number of hydrogen-bond acceptors (Lipinski definition) is 1. The van der Waals surface area contributed by atoms with Crippen molar-refractivity contribution in [1.82, 2.24) is 5.32 Å². The fraction of sp³-hybridized carbons (Fsp3) is 0.538. The van der Waals surface area contributed by atoms with Crippen molar-refractivity contribution < 1.29 is 0 Å². The quantitative estimate of drug-likeness (QED) is 0.826. The highest BCUT2D eigenvalue weighted by Gasteiger charge is 2.20. The van der Waals surface area contributed by atoms with Crippen molar-refractivity contribution in [3.05, 3.63) is 34.9 Å². The van der Waals surface area contributed by atoms with E-state index in [1.165, 1.54) is 24.8 Å². The van der Waals surface area contributed by atoms with Crippen LogP contribution in [-0.4, -0.2) is 6.04 Å². The molecule has 82 valence electrons. The van der Waals surface area contributed by atoms with Gasteiger partial charge in [-0.1, -0.05) is 30.7 Å². The average Bonchev–Trinajstić information content (AvgIpc) is 2.64. The second-order valence-electron chi connectivity index (χ2n) is 4.62. The summed E-state index contributed by atoms with van der Waals surface area (Å²) in [4.78, 5) is 0. The summed E-state index contributed by atoms with van der Waals surface area (Å²) in [6.07, 6.45) is 4.03. The minimum Gasteiger partial charge on any atom is -0.310 e. The van der Waals surface area contributed by atoms with Gasteiger partial charge in [-0.15, -0.1) is 0 Å². The molecular formula is C13H18ClN. The lowest BCUT2D eigenvalue weighted by Gasteiger charge is -2.12. The third-order valence-electron chi connectivity index (χ3n) is 3.20. The van der Waals surface area contributed by atoms with Crippen molar-refractivity contribution in [3.63, 3.8) is 0 Å². The van der Waals surface area contributed by atoms with E-state index in [0.29, 0.717) is 0 Å². The lowest BCUT2D eigenvalue weighted by Crippen LogP contribution is -2.25. The number of halogens is 1. The summed E-state index contributed by atoms with van der Waals surface area (Å²) in [5.74, 6) is 0.896. The first-order chi connectivity index (χ1) is 7.24. The van der Waals surface area contributed by atoms with E-state index in [9.17, 15) is 0 Å². The van der Waals surface area contributed by atoms with E-state index in [-0.39, 0.29) is 0 Å². The van der Waals surface area contributed by atoms with Gasteiger partial charge in [-0.3, -0.25) is 0 Å². The summed E-state index contributed by atoms with van der Waals surface area (Å²) in [5.41, 5.74) is 1.32. The molecule has 0 saturated heterocycles. The molecular weight excluding hydrogens is 206 g/mol. The van der Waals surface area contributed by atoms with Crippen molar-refractivity contribution in [2.24, 2.45) is 5.92 Å². The Hall–Kier alpha value is -0.530. The van der Waals surface area contributed by atoms with Gasteiger partial charge in [-0.05, 0) is 42.9 Å². The zero-order valence-electron chi connectivity index (χ0n) is 9.17. The first-order valence-electron chi connectivity index (χ1n) is 5.72. The monoisotopic (exact) mass is 223 g/mol. The molecule has 1 aliphatic rings. The van der Waals surface area contributed by atoms with Crippen LogP contribution in [-0.2, 0) is 6.54 Å². The maximum atomic E-state index is 5.84. The summed E-state index contributed by atoms with van der Waals surface area (Å²) in [7, 11) is 0. The third-order valence-corrected chi connectivity index (χ3v) is 3.45. The molecule has 0 spiro atoms. The van der Waals surface area contributed by atoms with Crippen LogP contribution in [0.5, 0.6) is 0 Å². The summed E-state index contributed by atoms with van der Waals surface area (Å²) in [6.45, 7) is 3.30. The van der Waals surface area contributed by atoms with Crippen LogP contribution >= 0.6 is 11.6 Å². The largest absolute Gasteiger partial charge is 0.310 e. The predicted octanol–water partition coefficient (Wildman–Crippen LogP) is 3.62. The number of benzene rings is 1. The molecule has 1 fully saturated rings. The van der Waals surface area contributed by atoms with Gasteiger partial charge in [0.15, 0.2) is 0 Å². The van der Waals surface area contributed by atoms with E-state index >= 15 is 0 Å². The number of hydrogen-bond donors (Lipinski definition) is 1. The molecule has 1 aromatic rings. The van der Waals surface area contributed by atoms with Crippen molar-refractivity contribution in [3.8, 4) is 0 Å². The van der Waals surface area contributed by atoms with E-state index in [2.05, 4.69) is 24.4 Å². The van der Waals surface area contributed by atoms with Crippen LogP contribution in [0.2, 0.25) is 5.02 Å². The molecule has 0 amide bonds. The smallest absolute Gasteiger partial charge is 0.0406 e. The fourth-order valence-corrected chi connectivity index (χ4v) is 2.38. The minimum atomic E-state index is 0.718. The predicted molar refractivity (Wildman–Crippen MR) is 65.1 cm³/mol. The SMILES string of the molecule is C[C@H]1CC[C@@H](NCc2ccc(Cl)cc2)C1. The second-order valence-corrected chi connectivity index (χ2v) is 5.06. The van der Waals surface area contributed by atoms with Gasteiger partial charge in [0.25, 0.3) is 0 Å². The third kappa shape index (κ3) is 3.22. The molecule has 1 nitrogen and oxygen atoms in total. The Morgan fingerprint density at radius 3 is 2.60 bits per heavy atom. The van der Waals surface area contributed by atoms with Crippen LogP contribution in [0.4, 0.5) is 0 Å². The van der Waals surface area contributed by atoms with Crippen LogP contribution < -0.4 is 5.32 Å². The van der Waals surface area contributed by atoms with E-state index < -0.39 is 0 Å². The molecule has 0 bridgehead atoms. The molecule has 2 heteroatoms. The lowest BCUT2D eigenvalue weighted by atomic mass is 10.1. The van der Waals surface area contributed by atoms with E-state index in [1.807, 2.05) is 12.1 Å². The van der Waals surface area contributed by atoms with E-state index in [4.69, 9.17) is 11.6 Å². The maximum absolute atomic E-state index is 5.84. The van der Waals surface area contributed by atoms with Crippen molar-refractivity contribution >= 4 is 11.6 Å². The molecule has 2 atom stereocenters. The highest BCUT2D eigenvalue weighted by molar-refractivity contribution is 6.30. The molecule has 15 heavy (non-hydrogen) atoms. The summed E-state index contributed by atoms with van der Waals surface area (Å²) >= 11 is 5.84. The molecule has 1 aromatic carbocycles. The zero-order valence-corrected chi connectivity index (χ0v) is 9.93. The maximum Gasteiger partial charge on any atom is 0.0406 e. The van der Waals surface area contributed by atoms with Crippen LogP contribution in [0, 0.1) is 5.92 Å². The fourth-order valence-electron chi connectivity index (χ4n) is 2.26. The summed E-state index contributed by atoms with van der Waals surface area (Å²) in [5, 5.41) is 4.42. The van der Waals surface area contributed by atoms with Crippen LogP contribution in [0.1, 0.15) is 31.7 Å². The lowest BCUT2D eigenvalue weighted by molar-refractivity contribution is 0.502. The zero-order chi connectivity index (χ0) is 10.7. The van der Waals surface area contributed by atoms with Crippen LogP contribution in [0.15, 0.2) is 24.3 Å². The molecule has 1 N–H and O–H groups in total. The first-order valence-corrected chi connectivity index (χ1v) is 6.09. The molecule has 0 radical (unpaired) electrons. The molecule has 0 heterocycles. The number of rotatable bonds is 3. The Labute approximate surface area is 96.8 Å². The Morgan fingerprint density at radius 1 is 1.27 bits per heavy atom. The van der Waals surface area contributed by atoms with Gasteiger partial charge < -0.3 is 5.32 Å². The molecule has 0 aliphatic heterocycles. The van der Waals surface area contributed by atoms with Gasteiger partial charge >= 0.3 is 0 Å². The Morgan fingerprint density at radius 2 is 2.00 bits per heavy atom. The first kappa shape index (κ1) is 11.0. The van der Waals surface area contributed by atoms with Gasteiger partial charge in [0.05, 0.1) is 0 Å².